The molecule has 9 nitrogen and oxygen atoms in total. The van der Waals surface area contributed by atoms with Crippen LogP contribution >= 0.6 is 0 Å². The smallest absolute Gasteiger partial charge is 0.387 e. The number of anilines is 2. The minimum Gasteiger partial charge on any atom is -0.433 e. The van der Waals surface area contributed by atoms with Gasteiger partial charge in [0.25, 0.3) is 11.8 Å². The van der Waals surface area contributed by atoms with Crippen LogP contribution in [0.15, 0.2) is 18.2 Å². The first-order valence-corrected chi connectivity index (χ1v) is 10.2. The number of carbonyl (C=O) groups excluding carboxylic acids is 3. The second-order valence-electron chi connectivity index (χ2n) is 7.86. The Hall–Kier alpha value is -2.79. The summed E-state index contributed by atoms with van der Waals surface area (Å²) in [5.74, 6) is -2.11. The van der Waals surface area contributed by atoms with Gasteiger partial charge in [-0.3, -0.25) is 19.3 Å². The Balaban J connectivity index is 1.57. The Morgan fingerprint density at radius 3 is 2.45 bits per heavy atom. The molecule has 1 saturated heterocycles. The molecule has 3 amide bonds. The van der Waals surface area contributed by atoms with Gasteiger partial charge in [-0.1, -0.05) is 0 Å². The molecule has 3 fully saturated rings. The van der Waals surface area contributed by atoms with Gasteiger partial charge in [0.1, 0.15) is 6.61 Å². The van der Waals surface area contributed by atoms with E-state index >= 15 is 0 Å². The van der Waals surface area contributed by atoms with Gasteiger partial charge in [0.15, 0.2) is 11.8 Å². The number of nitrogens with one attached hydrogen (secondary N) is 1. The highest BCUT2D eigenvalue weighted by molar-refractivity contribution is 6.10. The molecule has 1 aromatic rings. The molecule has 2 aliphatic carbocycles. The number of hydrogen-bond acceptors (Lipinski definition) is 6. The van der Waals surface area contributed by atoms with Crippen LogP contribution in [-0.2, 0) is 19.1 Å². The second kappa shape index (κ2) is 8.75. The predicted octanol–water partition coefficient (Wildman–Crippen LogP) is 1.07. The number of amides is 3. The van der Waals surface area contributed by atoms with Crippen LogP contribution in [0.1, 0.15) is 25.7 Å². The van der Waals surface area contributed by atoms with Crippen LogP contribution in [0, 0.1) is 0 Å². The average molecular weight is 438 g/mol. The Morgan fingerprint density at radius 2 is 1.90 bits per heavy atom. The zero-order valence-electron chi connectivity index (χ0n) is 16.8. The lowest BCUT2D eigenvalue weighted by atomic mass is 10.1. The Morgan fingerprint density at radius 1 is 1.23 bits per heavy atom. The number of carbonyl (C=O) groups is 3. The number of halogens is 2. The van der Waals surface area contributed by atoms with E-state index in [0.29, 0.717) is 12.3 Å². The molecule has 11 heteroatoms. The highest BCUT2D eigenvalue weighted by Gasteiger charge is 2.47. The number of benzene rings is 1. The van der Waals surface area contributed by atoms with Crippen LogP contribution in [0.4, 0.5) is 20.2 Å². The van der Waals surface area contributed by atoms with Gasteiger partial charge in [-0.15, -0.1) is 0 Å². The molecule has 2 saturated carbocycles. The van der Waals surface area contributed by atoms with Gasteiger partial charge in [0, 0.05) is 30.4 Å². The lowest BCUT2D eigenvalue weighted by molar-refractivity contribution is -0.133. The number of rotatable bonds is 9. The predicted molar refractivity (Wildman–Crippen MR) is 106 cm³/mol. The third-order valence-electron chi connectivity index (χ3n) is 5.49. The van der Waals surface area contributed by atoms with Crippen molar-refractivity contribution in [3.63, 3.8) is 0 Å². The highest BCUT2D eigenvalue weighted by atomic mass is 19.3. The van der Waals surface area contributed by atoms with Crippen molar-refractivity contribution in [1.29, 1.82) is 0 Å². The molecule has 3 N–H and O–H groups in total. The minimum absolute atomic E-state index is 0.0347. The molecule has 0 radical (unpaired) electrons. The van der Waals surface area contributed by atoms with E-state index in [2.05, 4.69) is 10.1 Å². The topological polar surface area (TPSA) is 114 Å². The van der Waals surface area contributed by atoms with Gasteiger partial charge < -0.3 is 25.4 Å². The zero-order chi connectivity index (χ0) is 22.1. The van der Waals surface area contributed by atoms with Crippen LogP contribution in [0.3, 0.4) is 0 Å². The maximum absolute atomic E-state index is 13.0. The molecular formula is C20H24F2N4O5. The summed E-state index contributed by atoms with van der Waals surface area (Å²) in [5.41, 5.74) is 5.83. The summed E-state index contributed by atoms with van der Waals surface area (Å²) in [6.07, 6.45) is 3.54. The van der Waals surface area contributed by atoms with Crippen molar-refractivity contribution >= 4 is 29.1 Å². The van der Waals surface area contributed by atoms with E-state index in [0.717, 1.165) is 25.7 Å². The number of morpholine rings is 1. The summed E-state index contributed by atoms with van der Waals surface area (Å²) in [5, 5.41) is 2.52. The van der Waals surface area contributed by atoms with Crippen molar-refractivity contribution in [1.82, 2.24) is 4.90 Å². The molecule has 1 aromatic carbocycles. The number of nitrogens with zero attached hydrogens (tertiary/aromatic N) is 2. The molecular weight excluding hydrogens is 414 g/mol. The van der Waals surface area contributed by atoms with Crippen LogP contribution in [0.2, 0.25) is 0 Å². The molecule has 4 rings (SSSR count). The van der Waals surface area contributed by atoms with Crippen molar-refractivity contribution in [3.05, 3.63) is 18.2 Å². The van der Waals surface area contributed by atoms with E-state index < -0.39 is 24.5 Å². The number of hydrogen-bond donors (Lipinski definition) is 2. The maximum atomic E-state index is 13.0. The first kappa shape index (κ1) is 21.4. The number of alkyl halides is 2. The van der Waals surface area contributed by atoms with Crippen LogP contribution < -0.4 is 20.7 Å². The van der Waals surface area contributed by atoms with Crippen molar-refractivity contribution in [2.75, 3.05) is 30.0 Å². The molecule has 3 aliphatic rings. The zero-order valence-corrected chi connectivity index (χ0v) is 16.8. The molecule has 1 atom stereocenters. The van der Waals surface area contributed by atoms with E-state index in [4.69, 9.17) is 10.5 Å². The van der Waals surface area contributed by atoms with Crippen LogP contribution in [0.25, 0.3) is 0 Å². The molecule has 0 bridgehead atoms. The summed E-state index contributed by atoms with van der Waals surface area (Å²) in [6.45, 7) is -2.68. The van der Waals surface area contributed by atoms with Crippen molar-refractivity contribution in [2.45, 2.75) is 50.4 Å². The molecule has 1 aliphatic heterocycles. The SMILES string of the molecule is NC(=O)[C@H](C(=O)Nc1ccc(N2CCOCC2=O)cc1OC(F)F)N(C1CC1)C1CC1. The normalized spacial score (nSPS) is 20.1. The largest absolute Gasteiger partial charge is 0.433 e. The Labute approximate surface area is 177 Å². The minimum atomic E-state index is -3.15. The standard InChI is InChI=1S/C20H24F2N4O5/c21-20(22)31-15-9-13(25-7-8-30-10-16(25)27)5-6-14(15)24-19(29)17(18(23)28)26(11-1-2-11)12-3-4-12/h5-6,9,11-12,17,20H,1-4,7-8,10H2,(H2,23,28)(H,24,29)/t17-/m1/s1. The number of primary amides is 1. The molecule has 31 heavy (non-hydrogen) atoms. The summed E-state index contributed by atoms with van der Waals surface area (Å²) in [6, 6.07) is 3.19. The summed E-state index contributed by atoms with van der Waals surface area (Å²) >= 11 is 0. The Bertz CT molecular complexity index is 863. The van der Waals surface area contributed by atoms with Gasteiger partial charge in [-0.05, 0) is 37.8 Å². The summed E-state index contributed by atoms with van der Waals surface area (Å²) < 4.78 is 35.7. The fourth-order valence-corrected chi connectivity index (χ4v) is 3.84. The fourth-order valence-electron chi connectivity index (χ4n) is 3.84. The third-order valence-corrected chi connectivity index (χ3v) is 5.49. The quantitative estimate of drug-likeness (QED) is 0.558. The van der Waals surface area contributed by atoms with Crippen LogP contribution in [0.5, 0.6) is 5.75 Å². The van der Waals surface area contributed by atoms with Crippen LogP contribution in [-0.4, -0.2) is 67.1 Å². The highest BCUT2D eigenvalue weighted by Crippen LogP contribution is 2.39. The van der Waals surface area contributed by atoms with Crippen molar-refractivity contribution < 1.29 is 32.6 Å². The van der Waals surface area contributed by atoms with Gasteiger partial charge in [0.2, 0.25) is 5.91 Å². The van der Waals surface area contributed by atoms with Gasteiger partial charge in [-0.25, -0.2) is 0 Å². The number of nitrogens with two attached hydrogens (primary N) is 1. The van der Waals surface area contributed by atoms with Gasteiger partial charge >= 0.3 is 6.61 Å². The van der Waals surface area contributed by atoms with E-state index in [1.54, 1.807) is 0 Å². The molecule has 1 heterocycles. The van der Waals surface area contributed by atoms with E-state index in [1.807, 2.05) is 4.90 Å². The van der Waals surface area contributed by atoms with Gasteiger partial charge in [0.05, 0.1) is 12.3 Å². The second-order valence-corrected chi connectivity index (χ2v) is 7.86. The lowest BCUT2D eigenvalue weighted by Gasteiger charge is -2.29. The first-order chi connectivity index (χ1) is 14.8. The monoisotopic (exact) mass is 438 g/mol. The summed E-state index contributed by atoms with van der Waals surface area (Å²) in [7, 11) is 0. The number of ether oxygens (including phenoxy) is 2. The summed E-state index contributed by atoms with van der Waals surface area (Å²) in [4.78, 5) is 40.4. The molecule has 168 valence electrons. The molecule has 0 spiro atoms. The van der Waals surface area contributed by atoms with Gasteiger partial charge in [-0.2, -0.15) is 8.78 Å². The molecule has 0 aromatic heterocycles. The fraction of sp³-hybridized carbons (Fsp3) is 0.550. The maximum Gasteiger partial charge on any atom is 0.387 e. The third kappa shape index (κ3) is 4.93. The molecule has 0 unspecified atom stereocenters. The van der Waals surface area contributed by atoms with Crippen molar-refractivity contribution in [3.8, 4) is 5.75 Å². The van der Waals surface area contributed by atoms with Crippen molar-refractivity contribution in [2.24, 2.45) is 5.73 Å². The van der Waals surface area contributed by atoms with E-state index in [-0.39, 0.29) is 42.6 Å². The first-order valence-electron chi connectivity index (χ1n) is 10.2. The Kier molecular flexibility index (Phi) is 6.05. The average Bonchev–Trinajstić information content (AvgIpc) is 3.61. The lowest BCUT2D eigenvalue weighted by Crippen LogP contribution is -2.54. The van der Waals surface area contributed by atoms with E-state index in [9.17, 15) is 23.2 Å². The van der Waals surface area contributed by atoms with E-state index in [1.165, 1.54) is 23.1 Å².